The molecule has 2 atom stereocenters. The number of likely N-dealkylation sites (tertiary alicyclic amines) is 1. The van der Waals surface area contributed by atoms with Crippen molar-refractivity contribution < 1.29 is 4.79 Å². The van der Waals surface area contributed by atoms with Gasteiger partial charge < -0.3 is 15.1 Å². The highest BCUT2D eigenvalue weighted by Crippen LogP contribution is 2.34. The van der Waals surface area contributed by atoms with E-state index < -0.39 is 0 Å². The van der Waals surface area contributed by atoms with Crippen LogP contribution in [0.2, 0.25) is 0 Å². The molecule has 0 bridgehead atoms. The van der Waals surface area contributed by atoms with Crippen molar-refractivity contribution in [3.05, 3.63) is 29.8 Å². The van der Waals surface area contributed by atoms with Gasteiger partial charge in [-0.25, -0.2) is 0 Å². The van der Waals surface area contributed by atoms with E-state index in [9.17, 15) is 4.79 Å². The van der Waals surface area contributed by atoms with Gasteiger partial charge in [0, 0.05) is 56.8 Å². The van der Waals surface area contributed by atoms with E-state index in [0.29, 0.717) is 18.4 Å². The van der Waals surface area contributed by atoms with Gasteiger partial charge in [0.2, 0.25) is 5.91 Å². The summed E-state index contributed by atoms with van der Waals surface area (Å²) in [4.78, 5) is 17.0. The number of anilines is 1. The average molecular weight is 334 g/mol. The lowest BCUT2D eigenvalue weighted by Crippen LogP contribution is -2.42. The molecule has 2 saturated heterocycles. The molecule has 5 heteroatoms. The molecule has 2 fully saturated rings. The number of thioether (sulfide) groups is 1. The molecule has 126 valence electrons. The van der Waals surface area contributed by atoms with Gasteiger partial charge in [-0.05, 0) is 30.5 Å². The van der Waals surface area contributed by atoms with Gasteiger partial charge in [0.15, 0.2) is 0 Å². The molecule has 2 unspecified atom stereocenters. The van der Waals surface area contributed by atoms with E-state index >= 15 is 0 Å². The third-order valence-electron chi connectivity index (χ3n) is 4.76. The van der Waals surface area contributed by atoms with Crippen LogP contribution in [-0.4, -0.2) is 55.5 Å². The lowest BCUT2D eigenvalue weighted by atomic mass is 10.0. The van der Waals surface area contributed by atoms with Crippen molar-refractivity contribution >= 4 is 23.4 Å². The van der Waals surface area contributed by atoms with Crippen molar-refractivity contribution in [2.45, 2.75) is 31.3 Å². The van der Waals surface area contributed by atoms with E-state index in [1.165, 1.54) is 11.3 Å². The van der Waals surface area contributed by atoms with E-state index in [0.717, 1.165) is 37.4 Å². The topological polar surface area (TPSA) is 35.6 Å². The van der Waals surface area contributed by atoms with Gasteiger partial charge >= 0.3 is 0 Å². The highest BCUT2D eigenvalue weighted by Gasteiger charge is 2.31. The minimum absolute atomic E-state index is 0.249. The Hall–Kier alpha value is -1.20. The van der Waals surface area contributed by atoms with Crippen molar-refractivity contribution in [3.63, 3.8) is 0 Å². The van der Waals surface area contributed by atoms with Gasteiger partial charge in [-0.2, -0.15) is 11.8 Å². The molecule has 0 aliphatic carbocycles. The molecule has 1 N–H and O–H groups in total. The summed E-state index contributed by atoms with van der Waals surface area (Å²) in [6, 6.07) is 9.20. The number of rotatable bonds is 4. The number of nitrogens with one attached hydrogen (secondary N) is 1. The van der Waals surface area contributed by atoms with Gasteiger partial charge in [0.1, 0.15) is 0 Å². The molecule has 0 spiro atoms. The molecule has 2 aliphatic rings. The first-order chi connectivity index (χ1) is 11.1. The number of carbonyl (C=O) groups is 1. The van der Waals surface area contributed by atoms with Crippen LogP contribution in [0.3, 0.4) is 0 Å². The summed E-state index contributed by atoms with van der Waals surface area (Å²) in [5.74, 6) is 2.53. The average Bonchev–Trinajstić information content (AvgIpc) is 3.05. The third kappa shape index (κ3) is 4.01. The third-order valence-corrected chi connectivity index (χ3v) is 5.89. The SMILES string of the molecule is CN(C)c1cccc(C2CCCN2C(=O)CC2CSCCN2)c1. The predicted octanol–water partition coefficient (Wildman–Crippen LogP) is 2.51. The Morgan fingerprint density at radius 3 is 3.04 bits per heavy atom. The Balaban J connectivity index is 1.69. The number of nitrogens with zero attached hydrogens (tertiary/aromatic N) is 2. The van der Waals surface area contributed by atoms with E-state index in [-0.39, 0.29) is 6.04 Å². The smallest absolute Gasteiger partial charge is 0.224 e. The monoisotopic (exact) mass is 333 g/mol. The van der Waals surface area contributed by atoms with E-state index in [1.54, 1.807) is 0 Å². The highest BCUT2D eigenvalue weighted by molar-refractivity contribution is 7.99. The standard InChI is InChI=1S/C18H27N3OS/c1-20(2)16-6-3-5-14(11-16)17-7-4-9-21(17)18(22)12-15-13-23-10-8-19-15/h3,5-6,11,15,17,19H,4,7-10,12-13H2,1-2H3. The van der Waals surface area contributed by atoms with Crippen LogP contribution >= 0.6 is 11.8 Å². The molecule has 0 aromatic heterocycles. The molecular formula is C18H27N3OS. The van der Waals surface area contributed by atoms with Crippen molar-refractivity contribution in [1.29, 1.82) is 0 Å². The van der Waals surface area contributed by atoms with Gasteiger partial charge in [-0.3, -0.25) is 4.79 Å². The fourth-order valence-corrected chi connectivity index (χ4v) is 4.45. The normalized spacial score (nSPS) is 24.7. The van der Waals surface area contributed by atoms with Gasteiger partial charge in [0.25, 0.3) is 0 Å². The summed E-state index contributed by atoms with van der Waals surface area (Å²) in [5, 5.41) is 3.48. The van der Waals surface area contributed by atoms with Crippen molar-refractivity contribution in [3.8, 4) is 0 Å². The largest absolute Gasteiger partial charge is 0.378 e. The van der Waals surface area contributed by atoms with Crippen LogP contribution < -0.4 is 10.2 Å². The molecule has 3 rings (SSSR count). The Morgan fingerprint density at radius 1 is 1.43 bits per heavy atom. The maximum absolute atomic E-state index is 12.8. The highest BCUT2D eigenvalue weighted by atomic mass is 32.2. The Labute approximate surface area is 143 Å². The number of amides is 1. The van der Waals surface area contributed by atoms with Crippen LogP contribution in [0.4, 0.5) is 5.69 Å². The predicted molar refractivity (Wildman–Crippen MR) is 98.2 cm³/mol. The van der Waals surface area contributed by atoms with Crippen molar-refractivity contribution in [1.82, 2.24) is 10.2 Å². The van der Waals surface area contributed by atoms with Crippen molar-refractivity contribution in [2.75, 3.05) is 43.6 Å². The van der Waals surface area contributed by atoms with Crippen molar-refractivity contribution in [2.24, 2.45) is 0 Å². The second-order valence-corrected chi connectivity index (χ2v) is 7.81. The minimum atomic E-state index is 0.249. The summed E-state index contributed by atoms with van der Waals surface area (Å²) >= 11 is 1.95. The molecule has 4 nitrogen and oxygen atoms in total. The summed E-state index contributed by atoms with van der Waals surface area (Å²) in [5.41, 5.74) is 2.47. The summed E-state index contributed by atoms with van der Waals surface area (Å²) in [6.45, 7) is 1.92. The van der Waals surface area contributed by atoms with Crippen LogP contribution in [0.25, 0.3) is 0 Å². The minimum Gasteiger partial charge on any atom is -0.378 e. The fourth-order valence-electron chi connectivity index (χ4n) is 3.50. The molecule has 2 heterocycles. The number of carbonyl (C=O) groups excluding carboxylic acids is 1. The Morgan fingerprint density at radius 2 is 2.30 bits per heavy atom. The number of benzene rings is 1. The van der Waals surface area contributed by atoms with Crippen LogP contribution in [0.5, 0.6) is 0 Å². The van der Waals surface area contributed by atoms with Crippen LogP contribution in [0, 0.1) is 0 Å². The molecule has 1 aromatic carbocycles. The molecule has 23 heavy (non-hydrogen) atoms. The fraction of sp³-hybridized carbons (Fsp3) is 0.611. The van der Waals surface area contributed by atoms with E-state index in [4.69, 9.17) is 0 Å². The zero-order valence-corrected chi connectivity index (χ0v) is 14.9. The molecular weight excluding hydrogens is 306 g/mol. The molecule has 0 saturated carbocycles. The second-order valence-electron chi connectivity index (χ2n) is 6.66. The first kappa shape index (κ1) is 16.7. The second kappa shape index (κ2) is 7.58. The molecule has 1 aromatic rings. The van der Waals surface area contributed by atoms with Crippen LogP contribution in [0.15, 0.2) is 24.3 Å². The lowest BCUT2D eigenvalue weighted by Gasteiger charge is -2.29. The quantitative estimate of drug-likeness (QED) is 0.918. The first-order valence-corrected chi connectivity index (χ1v) is 9.68. The van der Waals surface area contributed by atoms with Gasteiger partial charge in [-0.15, -0.1) is 0 Å². The Bertz CT molecular complexity index is 543. The molecule has 1 amide bonds. The summed E-state index contributed by atoms with van der Waals surface area (Å²) < 4.78 is 0. The van der Waals surface area contributed by atoms with Gasteiger partial charge in [-0.1, -0.05) is 12.1 Å². The maximum Gasteiger partial charge on any atom is 0.224 e. The summed E-state index contributed by atoms with van der Waals surface area (Å²) in [7, 11) is 4.12. The Kier molecular flexibility index (Phi) is 5.49. The summed E-state index contributed by atoms with van der Waals surface area (Å²) in [6.07, 6.45) is 2.82. The number of hydrogen-bond donors (Lipinski definition) is 1. The first-order valence-electron chi connectivity index (χ1n) is 8.53. The van der Waals surface area contributed by atoms with Crippen LogP contribution in [0.1, 0.15) is 30.9 Å². The zero-order chi connectivity index (χ0) is 16.2. The van der Waals surface area contributed by atoms with E-state index in [2.05, 4.69) is 53.5 Å². The lowest BCUT2D eigenvalue weighted by molar-refractivity contribution is -0.132. The number of hydrogen-bond acceptors (Lipinski definition) is 4. The zero-order valence-electron chi connectivity index (χ0n) is 14.1. The van der Waals surface area contributed by atoms with Gasteiger partial charge in [0.05, 0.1) is 6.04 Å². The maximum atomic E-state index is 12.8. The van der Waals surface area contributed by atoms with Crippen LogP contribution in [-0.2, 0) is 4.79 Å². The molecule has 0 radical (unpaired) electrons. The van der Waals surface area contributed by atoms with E-state index in [1.807, 2.05) is 11.8 Å². The molecule has 2 aliphatic heterocycles.